The molecule has 0 aromatic carbocycles. The predicted molar refractivity (Wildman–Crippen MR) is 83.8 cm³/mol. The summed E-state index contributed by atoms with van der Waals surface area (Å²) < 4.78 is 0. The minimum absolute atomic E-state index is 0.0507. The molecule has 0 N–H and O–H groups in total. The highest BCUT2D eigenvalue weighted by Gasteiger charge is 2.48. The highest BCUT2D eigenvalue weighted by molar-refractivity contribution is 5.95. The number of hydrogen-bond acceptors (Lipinski definition) is 4. The van der Waals surface area contributed by atoms with Crippen molar-refractivity contribution in [3.05, 3.63) is 23.8 Å². The van der Waals surface area contributed by atoms with Crippen molar-refractivity contribution < 1.29 is 9.59 Å². The number of nitrogens with zero attached hydrogens (tertiary/aromatic N) is 4. The monoisotopic (exact) mass is 314 g/mol. The summed E-state index contributed by atoms with van der Waals surface area (Å²) in [5.41, 5.74) is 0.167. The number of hydrogen-bond donors (Lipinski definition) is 0. The van der Waals surface area contributed by atoms with E-state index in [1.165, 1.54) is 0 Å². The molecule has 0 unspecified atom stereocenters. The van der Waals surface area contributed by atoms with Crippen LogP contribution in [0.5, 0.6) is 0 Å². The van der Waals surface area contributed by atoms with Crippen molar-refractivity contribution >= 4 is 11.8 Å². The second-order valence-corrected chi connectivity index (χ2v) is 7.19. The third-order valence-electron chi connectivity index (χ3n) is 5.45. The molecule has 23 heavy (non-hydrogen) atoms. The number of likely N-dealkylation sites (tertiary alicyclic amines) is 2. The molecule has 0 bridgehead atoms. The summed E-state index contributed by atoms with van der Waals surface area (Å²) >= 11 is 0. The fourth-order valence-electron chi connectivity index (χ4n) is 3.88. The molecule has 0 radical (unpaired) electrons. The molecule has 122 valence electrons. The molecule has 4 rings (SSSR count). The molecule has 3 aliphatic rings. The van der Waals surface area contributed by atoms with Crippen LogP contribution in [0.3, 0.4) is 0 Å². The average Bonchev–Trinajstić information content (AvgIpc) is 3.33. The molecule has 3 fully saturated rings. The molecule has 1 atom stereocenters. The molecular weight excluding hydrogens is 292 g/mol. The summed E-state index contributed by atoms with van der Waals surface area (Å²) in [7, 11) is 1.86. The Morgan fingerprint density at radius 2 is 1.96 bits per heavy atom. The van der Waals surface area contributed by atoms with Crippen molar-refractivity contribution in [3.63, 3.8) is 0 Å². The first-order chi connectivity index (χ1) is 11.1. The fourth-order valence-corrected chi connectivity index (χ4v) is 3.88. The molecule has 1 aliphatic carbocycles. The first kappa shape index (κ1) is 14.6. The normalized spacial score (nSPS) is 27.8. The Labute approximate surface area is 135 Å². The zero-order valence-corrected chi connectivity index (χ0v) is 13.5. The maximum absolute atomic E-state index is 12.7. The Hall–Kier alpha value is -1.98. The molecule has 1 spiro atoms. The van der Waals surface area contributed by atoms with Crippen LogP contribution in [0.4, 0.5) is 0 Å². The lowest BCUT2D eigenvalue weighted by Crippen LogP contribution is -2.48. The van der Waals surface area contributed by atoms with E-state index in [0.29, 0.717) is 24.6 Å². The van der Waals surface area contributed by atoms with Crippen molar-refractivity contribution in [2.75, 3.05) is 26.7 Å². The van der Waals surface area contributed by atoms with Crippen LogP contribution >= 0.6 is 0 Å². The molecule has 3 heterocycles. The van der Waals surface area contributed by atoms with Gasteiger partial charge in [0.25, 0.3) is 5.91 Å². The van der Waals surface area contributed by atoms with Gasteiger partial charge < -0.3 is 9.80 Å². The number of aromatic nitrogens is 2. The molecular formula is C17H22N4O2. The van der Waals surface area contributed by atoms with Gasteiger partial charge in [-0.3, -0.25) is 9.59 Å². The Morgan fingerprint density at radius 1 is 1.22 bits per heavy atom. The first-order valence-corrected chi connectivity index (χ1v) is 8.46. The zero-order chi connectivity index (χ0) is 16.0. The molecule has 2 amide bonds. The summed E-state index contributed by atoms with van der Waals surface area (Å²) in [5, 5.41) is 0. The van der Waals surface area contributed by atoms with Crippen molar-refractivity contribution in [2.45, 2.75) is 38.0 Å². The zero-order valence-electron chi connectivity index (χ0n) is 13.5. The van der Waals surface area contributed by atoms with Gasteiger partial charge >= 0.3 is 0 Å². The molecule has 6 heteroatoms. The Balaban J connectivity index is 1.48. The van der Waals surface area contributed by atoms with Crippen LogP contribution in [0.2, 0.25) is 0 Å². The molecule has 2 saturated heterocycles. The van der Waals surface area contributed by atoms with Crippen molar-refractivity contribution in [1.82, 2.24) is 19.8 Å². The van der Waals surface area contributed by atoms with Gasteiger partial charge in [-0.15, -0.1) is 0 Å². The van der Waals surface area contributed by atoms with Crippen LogP contribution in [0, 0.1) is 5.41 Å². The van der Waals surface area contributed by atoms with E-state index in [1.807, 2.05) is 11.9 Å². The average molecular weight is 314 g/mol. The number of rotatable bonds is 2. The lowest BCUT2D eigenvalue weighted by molar-refractivity contribution is -0.143. The van der Waals surface area contributed by atoms with Gasteiger partial charge in [-0.2, -0.15) is 0 Å². The SMILES string of the molecule is CN1CCC[C@@]2(CCN(C(=O)c3cnc(C4CC4)nc3)C2)C1=O. The lowest BCUT2D eigenvalue weighted by atomic mass is 9.78. The van der Waals surface area contributed by atoms with E-state index in [2.05, 4.69) is 9.97 Å². The number of amides is 2. The standard InChI is InChI=1S/C17H22N4O2/c1-20-7-2-5-17(16(20)23)6-8-21(11-17)15(22)13-9-18-14(19-10-13)12-3-4-12/h9-10,12H,2-8,11H2,1H3/t17-/m0/s1. The fraction of sp³-hybridized carbons (Fsp3) is 0.647. The van der Waals surface area contributed by atoms with Crippen molar-refractivity contribution in [2.24, 2.45) is 5.41 Å². The topological polar surface area (TPSA) is 66.4 Å². The van der Waals surface area contributed by atoms with Gasteiger partial charge in [-0.25, -0.2) is 9.97 Å². The minimum atomic E-state index is -0.364. The summed E-state index contributed by atoms with van der Waals surface area (Å²) in [6.07, 6.45) is 8.25. The Bertz CT molecular complexity index is 640. The van der Waals surface area contributed by atoms with Crippen LogP contribution in [-0.2, 0) is 4.79 Å². The van der Waals surface area contributed by atoms with E-state index in [9.17, 15) is 9.59 Å². The lowest BCUT2D eigenvalue weighted by Gasteiger charge is -2.37. The highest BCUT2D eigenvalue weighted by Crippen LogP contribution is 2.40. The minimum Gasteiger partial charge on any atom is -0.345 e. The summed E-state index contributed by atoms with van der Waals surface area (Å²) in [6.45, 7) is 1.99. The number of carbonyl (C=O) groups excluding carboxylic acids is 2. The van der Waals surface area contributed by atoms with Crippen LogP contribution in [-0.4, -0.2) is 58.3 Å². The molecule has 2 aliphatic heterocycles. The van der Waals surface area contributed by atoms with Gasteiger partial charge in [0.15, 0.2) is 0 Å². The largest absolute Gasteiger partial charge is 0.345 e. The van der Waals surface area contributed by atoms with E-state index in [1.54, 1.807) is 17.3 Å². The highest BCUT2D eigenvalue weighted by atomic mass is 16.2. The maximum atomic E-state index is 12.7. The third kappa shape index (κ3) is 2.50. The smallest absolute Gasteiger partial charge is 0.257 e. The van der Waals surface area contributed by atoms with E-state index < -0.39 is 0 Å². The maximum Gasteiger partial charge on any atom is 0.257 e. The first-order valence-electron chi connectivity index (χ1n) is 8.46. The Morgan fingerprint density at radius 3 is 2.65 bits per heavy atom. The summed E-state index contributed by atoms with van der Waals surface area (Å²) in [6, 6.07) is 0. The molecule has 1 saturated carbocycles. The van der Waals surface area contributed by atoms with Crippen molar-refractivity contribution in [1.29, 1.82) is 0 Å². The van der Waals surface area contributed by atoms with E-state index >= 15 is 0 Å². The van der Waals surface area contributed by atoms with Crippen LogP contribution in [0.15, 0.2) is 12.4 Å². The third-order valence-corrected chi connectivity index (χ3v) is 5.45. The number of piperidine rings is 1. The van der Waals surface area contributed by atoms with Gasteiger partial charge in [-0.05, 0) is 32.1 Å². The van der Waals surface area contributed by atoms with Gasteiger partial charge in [0.05, 0.1) is 11.0 Å². The van der Waals surface area contributed by atoms with Gasteiger partial charge in [-0.1, -0.05) is 0 Å². The number of carbonyl (C=O) groups is 2. The van der Waals surface area contributed by atoms with Gasteiger partial charge in [0.1, 0.15) is 5.82 Å². The van der Waals surface area contributed by atoms with Crippen molar-refractivity contribution in [3.8, 4) is 0 Å². The van der Waals surface area contributed by atoms with E-state index in [-0.39, 0.29) is 17.2 Å². The van der Waals surface area contributed by atoms with E-state index in [4.69, 9.17) is 0 Å². The molecule has 1 aromatic heterocycles. The second-order valence-electron chi connectivity index (χ2n) is 7.19. The predicted octanol–water partition coefficient (Wildman–Crippen LogP) is 1.44. The Kier molecular flexibility index (Phi) is 3.36. The molecule has 6 nitrogen and oxygen atoms in total. The van der Waals surface area contributed by atoms with Crippen LogP contribution < -0.4 is 0 Å². The van der Waals surface area contributed by atoms with E-state index in [0.717, 1.165) is 44.5 Å². The van der Waals surface area contributed by atoms with Gasteiger partial charge in [0, 0.05) is 45.0 Å². The molecule has 1 aromatic rings. The van der Waals surface area contributed by atoms with Crippen LogP contribution in [0.25, 0.3) is 0 Å². The second kappa shape index (κ2) is 5.28. The summed E-state index contributed by atoms with van der Waals surface area (Å²) in [4.78, 5) is 37.5. The van der Waals surface area contributed by atoms with Gasteiger partial charge in [0.2, 0.25) is 5.91 Å². The van der Waals surface area contributed by atoms with Crippen LogP contribution in [0.1, 0.15) is 54.2 Å². The summed E-state index contributed by atoms with van der Waals surface area (Å²) in [5.74, 6) is 1.48. The quantitative estimate of drug-likeness (QED) is 0.828.